The van der Waals surface area contributed by atoms with E-state index in [0.29, 0.717) is 6.54 Å². The number of hydrogen-bond donors (Lipinski definition) is 1. The van der Waals surface area contributed by atoms with Crippen LogP contribution in [0.5, 0.6) is 0 Å². The van der Waals surface area contributed by atoms with E-state index in [1.54, 1.807) is 16.9 Å². The Bertz CT molecular complexity index is 494. The van der Waals surface area contributed by atoms with Crippen molar-refractivity contribution >= 4 is 0 Å². The van der Waals surface area contributed by atoms with Crippen molar-refractivity contribution in [3.8, 4) is 0 Å². The number of halogens is 2. The molecule has 2 rings (SSSR count). The second kappa shape index (κ2) is 4.40. The van der Waals surface area contributed by atoms with Crippen molar-refractivity contribution in [1.29, 1.82) is 0 Å². The number of nitrogens with two attached hydrogens (primary N) is 1. The van der Waals surface area contributed by atoms with Crippen LogP contribution in [-0.2, 0) is 13.1 Å². The molecule has 0 unspecified atom stereocenters. The lowest BCUT2D eigenvalue weighted by Gasteiger charge is -2.07. The van der Waals surface area contributed by atoms with Crippen LogP contribution in [0.15, 0.2) is 30.5 Å². The molecule has 1 aromatic heterocycles. The van der Waals surface area contributed by atoms with Gasteiger partial charge < -0.3 is 5.73 Å². The molecule has 0 radical (unpaired) electrons. The van der Waals surface area contributed by atoms with E-state index in [2.05, 4.69) is 5.10 Å². The molecule has 3 nitrogen and oxygen atoms in total. The molecule has 0 fully saturated rings. The number of rotatable bonds is 3. The van der Waals surface area contributed by atoms with E-state index in [1.807, 2.05) is 0 Å². The molecule has 1 aromatic carbocycles. The summed E-state index contributed by atoms with van der Waals surface area (Å²) in [6, 6.07) is 5.11. The molecule has 0 saturated carbocycles. The van der Waals surface area contributed by atoms with Crippen molar-refractivity contribution in [2.75, 3.05) is 0 Å². The lowest BCUT2D eigenvalue weighted by atomic mass is 10.2. The molecule has 84 valence electrons. The van der Waals surface area contributed by atoms with Crippen LogP contribution in [0.1, 0.15) is 11.3 Å². The quantitative estimate of drug-likeness (QED) is 0.860. The van der Waals surface area contributed by atoms with Gasteiger partial charge in [0, 0.05) is 18.3 Å². The molecule has 2 aromatic rings. The first-order chi connectivity index (χ1) is 7.70. The molecule has 0 aliphatic heterocycles. The van der Waals surface area contributed by atoms with Crippen LogP contribution in [0, 0.1) is 11.6 Å². The maximum absolute atomic E-state index is 13.4. The van der Waals surface area contributed by atoms with Crippen LogP contribution < -0.4 is 5.73 Å². The van der Waals surface area contributed by atoms with Crippen LogP contribution in [0.25, 0.3) is 0 Å². The SMILES string of the molecule is NCc1ccnn1Cc1cc(F)ccc1F. The average molecular weight is 223 g/mol. The largest absolute Gasteiger partial charge is 0.325 e. The Morgan fingerprint density at radius 2 is 2.06 bits per heavy atom. The second-order valence-electron chi connectivity index (χ2n) is 3.42. The van der Waals surface area contributed by atoms with Gasteiger partial charge in [-0.1, -0.05) is 0 Å². The lowest BCUT2D eigenvalue weighted by Crippen LogP contribution is -2.10. The van der Waals surface area contributed by atoms with Crippen LogP contribution in [-0.4, -0.2) is 9.78 Å². The fourth-order valence-corrected chi connectivity index (χ4v) is 1.50. The zero-order valence-corrected chi connectivity index (χ0v) is 8.53. The molecule has 0 atom stereocenters. The van der Waals surface area contributed by atoms with Gasteiger partial charge in [0.2, 0.25) is 0 Å². The molecule has 5 heteroatoms. The number of aromatic nitrogens is 2. The van der Waals surface area contributed by atoms with Gasteiger partial charge in [-0.05, 0) is 24.3 Å². The summed E-state index contributed by atoms with van der Waals surface area (Å²) in [6.45, 7) is 0.500. The first-order valence-electron chi connectivity index (χ1n) is 4.85. The average Bonchev–Trinajstić information content (AvgIpc) is 2.71. The van der Waals surface area contributed by atoms with Gasteiger partial charge in [-0.15, -0.1) is 0 Å². The Balaban J connectivity index is 2.30. The van der Waals surface area contributed by atoms with Crippen LogP contribution in [0.4, 0.5) is 8.78 Å². The van der Waals surface area contributed by atoms with Crippen molar-refractivity contribution in [1.82, 2.24) is 9.78 Å². The summed E-state index contributed by atoms with van der Waals surface area (Å²) < 4.78 is 27.8. The highest BCUT2D eigenvalue weighted by atomic mass is 19.1. The summed E-state index contributed by atoms with van der Waals surface area (Å²) in [7, 11) is 0. The van der Waals surface area contributed by atoms with Crippen LogP contribution in [0.3, 0.4) is 0 Å². The normalized spacial score (nSPS) is 10.7. The highest BCUT2D eigenvalue weighted by Gasteiger charge is 2.07. The van der Waals surface area contributed by atoms with Crippen molar-refractivity contribution in [3.63, 3.8) is 0 Å². The van der Waals surface area contributed by atoms with Gasteiger partial charge in [0.15, 0.2) is 0 Å². The predicted molar refractivity (Wildman–Crippen MR) is 55.6 cm³/mol. The second-order valence-corrected chi connectivity index (χ2v) is 3.42. The Kier molecular flexibility index (Phi) is 2.96. The molecule has 0 bridgehead atoms. The summed E-state index contributed by atoms with van der Waals surface area (Å²) >= 11 is 0. The summed E-state index contributed by atoms with van der Waals surface area (Å²) in [4.78, 5) is 0. The minimum absolute atomic E-state index is 0.184. The van der Waals surface area contributed by atoms with Gasteiger partial charge in [-0.3, -0.25) is 4.68 Å². The Labute approximate surface area is 91.5 Å². The van der Waals surface area contributed by atoms with Gasteiger partial charge in [-0.25, -0.2) is 8.78 Å². The van der Waals surface area contributed by atoms with Gasteiger partial charge in [0.05, 0.1) is 12.2 Å². The Hall–Kier alpha value is -1.75. The van der Waals surface area contributed by atoms with E-state index in [9.17, 15) is 8.78 Å². The maximum Gasteiger partial charge on any atom is 0.128 e. The van der Waals surface area contributed by atoms with Crippen molar-refractivity contribution in [2.45, 2.75) is 13.1 Å². The standard InChI is InChI=1S/C11H11F2N3/c12-9-1-2-11(13)8(5-9)7-16-10(6-14)3-4-15-16/h1-5H,6-7,14H2. The molecular weight excluding hydrogens is 212 g/mol. The third-order valence-corrected chi connectivity index (χ3v) is 2.34. The number of hydrogen-bond acceptors (Lipinski definition) is 2. The van der Waals surface area contributed by atoms with E-state index >= 15 is 0 Å². The minimum Gasteiger partial charge on any atom is -0.325 e. The van der Waals surface area contributed by atoms with E-state index in [0.717, 1.165) is 23.9 Å². The van der Waals surface area contributed by atoms with Crippen molar-refractivity contribution in [3.05, 3.63) is 53.4 Å². The van der Waals surface area contributed by atoms with Crippen LogP contribution >= 0.6 is 0 Å². The Morgan fingerprint density at radius 1 is 1.25 bits per heavy atom. The summed E-state index contributed by atoms with van der Waals surface area (Å²) in [5.41, 5.74) is 6.53. The zero-order valence-electron chi connectivity index (χ0n) is 8.53. The smallest absolute Gasteiger partial charge is 0.128 e. The maximum atomic E-state index is 13.4. The van der Waals surface area contributed by atoms with E-state index in [4.69, 9.17) is 5.73 Å². The van der Waals surface area contributed by atoms with E-state index in [-0.39, 0.29) is 12.1 Å². The molecule has 0 aliphatic carbocycles. The highest BCUT2D eigenvalue weighted by molar-refractivity contribution is 5.19. The lowest BCUT2D eigenvalue weighted by molar-refractivity contribution is 0.559. The first kappa shape index (κ1) is 10.8. The predicted octanol–water partition coefficient (Wildman–Crippen LogP) is 1.67. The zero-order chi connectivity index (χ0) is 11.5. The fraction of sp³-hybridized carbons (Fsp3) is 0.182. The van der Waals surface area contributed by atoms with Gasteiger partial charge in [0.1, 0.15) is 11.6 Å². The molecule has 0 saturated heterocycles. The van der Waals surface area contributed by atoms with Crippen LogP contribution in [0.2, 0.25) is 0 Å². The Morgan fingerprint density at radius 3 is 2.81 bits per heavy atom. The third kappa shape index (κ3) is 2.09. The van der Waals surface area contributed by atoms with Crippen molar-refractivity contribution < 1.29 is 8.78 Å². The monoisotopic (exact) mass is 223 g/mol. The number of nitrogens with zero attached hydrogens (tertiary/aromatic N) is 2. The molecule has 0 aliphatic rings. The van der Waals surface area contributed by atoms with E-state index < -0.39 is 11.6 Å². The van der Waals surface area contributed by atoms with E-state index in [1.165, 1.54) is 0 Å². The third-order valence-electron chi connectivity index (χ3n) is 2.34. The molecule has 1 heterocycles. The summed E-state index contributed by atoms with van der Waals surface area (Å²) in [6.07, 6.45) is 1.58. The summed E-state index contributed by atoms with van der Waals surface area (Å²) in [5, 5.41) is 4.00. The first-order valence-corrected chi connectivity index (χ1v) is 4.85. The minimum atomic E-state index is -0.460. The molecule has 16 heavy (non-hydrogen) atoms. The van der Waals surface area contributed by atoms with Gasteiger partial charge in [0.25, 0.3) is 0 Å². The van der Waals surface area contributed by atoms with Gasteiger partial charge in [-0.2, -0.15) is 5.10 Å². The number of benzene rings is 1. The van der Waals surface area contributed by atoms with Crippen molar-refractivity contribution in [2.24, 2.45) is 5.73 Å². The molecule has 0 amide bonds. The molecular formula is C11H11F2N3. The highest BCUT2D eigenvalue weighted by Crippen LogP contribution is 2.12. The summed E-state index contributed by atoms with van der Waals surface area (Å²) in [5.74, 6) is -0.905. The fourth-order valence-electron chi connectivity index (χ4n) is 1.50. The van der Waals surface area contributed by atoms with Gasteiger partial charge >= 0.3 is 0 Å². The topological polar surface area (TPSA) is 43.8 Å². The molecule has 2 N–H and O–H groups in total. The molecule has 0 spiro atoms.